The third kappa shape index (κ3) is 1.58. The van der Waals surface area contributed by atoms with Crippen LogP contribution in [0.1, 0.15) is 12.8 Å². The first-order valence-electron chi connectivity index (χ1n) is 3.36. The summed E-state index contributed by atoms with van der Waals surface area (Å²) in [5.74, 6) is 5.08. The molecule has 58 valence electrons. The van der Waals surface area contributed by atoms with E-state index in [-0.39, 0.29) is 6.03 Å². The molecule has 0 aromatic carbocycles. The van der Waals surface area contributed by atoms with Gasteiger partial charge in [0.25, 0.3) is 0 Å². The van der Waals surface area contributed by atoms with E-state index in [0.717, 1.165) is 19.4 Å². The summed E-state index contributed by atoms with van der Waals surface area (Å²) in [6.07, 6.45) is 2.01. The van der Waals surface area contributed by atoms with Gasteiger partial charge in [0.1, 0.15) is 0 Å². The number of rotatable bonds is 1. The van der Waals surface area contributed by atoms with Crippen LogP contribution in [0.25, 0.3) is 0 Å². The predicted molar refractivity (Wildman–Crippen MR) is 36.7 cm³/mol. The number of hydrogen-bond donors (Lipinski definition) is 3. The van der Waals surface area contributed by atoms with Crippen LogP contribution in [-0.4, -0.2) is 24.1 Å². The molecule has 10 heavy (non-hydrogen) atoms. The van der Waals surface area contributed by atoms with Gasteiger partial charge in [-0.3, -0.25) is 5.84 Å². The molecule has 0 spiro atoms. The standard InChI is InChI=1S/C5H12N4O/c6-8-9-4-2-1-3-7-5(9)10/h8H,1-4,6H2,(H,7,10). The molecule has 1 fully saturated rings. The first-order valence-corrected chi connectivity index (χ1v) is 3.36. The van der Waals surface area contributed by atoms with Crippen LogP contribution in [0, 0.1) is 0 Å². The molecule has 1 rings (SSSR count). The van der Waals surface area contributed by atoms with Crippen molar-refractivity contribution in [2.75, 3.05) is 13.1 Å². The van der Waals surface area contributed by atoms with E-state index in [9.17, 15) is 4.79 Å². The molecule has 0 radical (unpaired) electrons. The van der Waals surface area contributed by atoms with Crippen molar-refractivity contribution in [3.63, 3.8) is 0 Å². The van der Waals surface area contributed by atoms with Gasteiger partial charge in [-0.1, -0.05) is 0 Å². The maximum absolute atomic E-state index is 10.9. The minimum Gasteiger partial charge on any atom is -0.337 e. The number of nitrogens with two attached hydrogens (primary N) is 1. The van der Waals surface area contributed by atoms with Gasteiger partial charge in [0.2, 0.25) is 0 Å². The van der Waals surface area contributed by atoms with E-state index >= 15 is 0 Å². The van der Waals surface area contributed by atoms with Crippen molar-refractivity contribution < 1.29 is 4.79 Å². The van der Waals surface area contributed by atoms with Crippen LogP contribution < -0.4 is 16.7 Å². The van der Waals surface area contributed by atoms with E-state index < -0.39 is 0 Å². The fourth-order valence-electron chi connectivity index (χ4n) is 0.910. The zero-order valence-corrected chi connectivity index (χ0v) is 5.76. The molecule has 1 aliphatic rings. The number of nitrogens with zero attached hydrogens (tertiary/aromatic N) is 1. The number of hydrazine groups is 2. The monoisotopic (exact) mass is 144 g/mol. The lowest BCUT2D eigenvalue weighted by Crippen LogP contribution is -2.50. The lowest BCUT2D eigenvalue weighted by Gasteiger charge is -2.16. The molecular formula is C5H12N4O. The quantitative estimate of drug-likeness (QED) is 0.332. The Morgan fingerprint density at radius 2 is 2.40 bits per heavy atom. The molecule has 2 amide bonds. The van der Waals surface area contributed by atoms with Gasteiger partial charge in [0.15, 0.2) is 0 Å². The lowest BCUT2D eigenvalue weighted by atomic mass is 10.3. The highest BCUT2D eigenvalue weighted by Gasteiger charge is 2.13. The number of carbonyl (C=O) groups excluding carboxylic acids is 1. The third-order valence-corrected chi connectivity index (χ3v) is 1.49. The molecule has 0 aliphatic carbocycles. The topological polar surface area (TPSA) is 70.4 Å². The molecule has 4 N–H and O–H groups in total. The smallest absolute Gasteiger partial charge is 0.332 e. The Morgan fingerprint density at radius 1 is 1.60 bits per heavy atom. The van der Waals surface area contributed by atoms with Crippen LogP contribution in [0.15, 0.2) is 0 Å². The second kappa shape index (κ2) is 3.38. The van der Waals surface area contributed by atoms with Crippen LogP contribution in [0.2, 0.25) is 0 Å². The lowest BCUT2D eigenvalue weighted by molar-refractivity contribution is 0.176. The fourth-order valence-corrected chi connectivity index (χ4v) is 0.910. The molecule has 0 unspecified atom stereocenters. The Hall–Kier alpha value is -0.810. The van der Waals surface area contributed by atoms with E-state index in [1.165, 1.54) is 5.01 Å². The Bertz CT molecular complexity index is 127. The zero-order chi connectivity index (χ0) is 7.40. The Labute approximate surface area is 59.5 Å². The second-order valence-electron chi connectivity index (χ2n) is 2.22. The van der Waals surface area contributed by atoms with Gasteiger partial charge in [-0.25, -0.2) is 9.80 Å². The summed E-state index contributed by atoms with van der Waals surface area (Å²) in [7, 11) is 0. The predicted octanol–water partition coefficient (Wildman–Crippen LogP) is -0.830. The van der Waals surface area contributed by atoms with Gasteiger partial charge in [-0.15, -0.1) is 0 Å². The van der Waals surface area contributed by atoms with E-state index in [1.807, 2.05) is 0 Å². The highest BCUT2D eigenvalue weighted by molar-refractivity contribution is 5.73. The Morgan fingerprint density at radius 3 is 3.10 bits per heavy atom. The molecule has 0 atom stereocenters. The number of carbonyl (C=O) groups is 1. The first kappa shape index (κ1) is 7.30. The first-order chi connectivity index (χ1) is 4.84. The van der Waals surface area contributed by atoms with Crippen molar-refractivity contribution in [2.45, 2.75) is 12.8 Å². The fraction of sp³-hybridized carbons (Fsp3) is 0.800. The summed E-state index contributed by atoms with van der Waals surface area (Å²) in [4.78, 5) is 10.9. The third-order valence-electron chi connectivity index (χ3n) is 1.49. The average molecular weight is 144 g/mol. The summed E-state index contributed by atoms with van der Waals surface area (Å²) in [5, 5.41) is 4.06. The molecule has 1 heterocycles. The molecule has 0 aromatic heterocycles. The van der Waals surface area contributed by atoms with E-state index in [2.05, 4.69) is 10.9 Å². The maximum Gasteiger partial charge on any atom is 0.332 e. The highest BCUT2D eigenvalue weighted by Crippen LogP contribution is 1.96. The maximum atomic E-state index is 10.9. The summed E-state index contributed by atoms with van der Waals surface area (Å²) in [6, 6.07) is -0.139. The number of amides is 2. The summed E-state index contributed by atoms with van der Waals surface area (Å²) < 4.78 is 0. The van der Waals surface area contributed by atoms with Crippen LogP contribution >= 0.6 is 0 Å². The minimum absolute atomic E-state index is 0.139. The Kier molecular flexibility index (Phi) is 2.47. The molecule has 0 saturated carbocycles. The van der Waals surface area contributed by atoms with Gasteiger partial charge >= 0.3 is 6.03 Å². The van der Waals surface area contributed by atoms with Crippen molar-refractivity contribution in [3.05, 3.63) is 0 Å². The molecule has 5 nitrogen and oxygen atoms in total. The molecule has 5 heteroatoms. The van der Waals surface area contributed by atoms with Crippen LogP contribution in [-0.2, 0) is 0 Å². The normalized spacial score (nSPS) is 20.1. The van der Waals surface area contributed by atoms with Gasteiger partial charge in [0, 0.05) is 13.1 Å². The van der Waals surface area contributed by atoms with Gasteiger partial charge in [0.05, 0.1) is 0 Å². The van der Waals surface area contributed by atoms with Crippen molar-refractivity contribution in [3.8, 4) is 0 Å². The zero-order valence-electron chi connectivity index (χ0n) is 5.76. The minimum atomic E-state index is -0.139. The SMILES string of the molecule is NNN1CCCCNC1=O. The highest BCUT2D eigenvalue weighted by atomic mass is 16.2. The summed E-state index contributed by atoms with van der Waals surface area (Å²) >= 11 is 0. The molecule has 1 aliphatic heterocycles. The van der Waals surface area contributed by atoms with Crippen molar-refractivity contribution in [1.29, 1.82) is 0 Å². The van der Waals surface area contributed by atoms with Crippen LogP contribution in [0.4, 0.5) is 4.79 Å². The van der Waals surface area contributed by atoms with Gasteiger partial charge in [-0.2, -0.15) is 5.53 Å². The largest absolute Gasteiger partial charge is 0.337 e. The molecule has 0 aromatic rings. The second-order valence-corrected chi connectivity index (χ2v) is 2.22. The van der Waals surface area contributed by atoms with Crippen molar-refractivity contribution in [2.24, 2.45) is 5.84 Å². The number of hydrogen-bond acceptors (Lipinski definition) is 3. The molecule has 1 saturated heterocycles. The van der Waals surface area contributed by atoms with Crippen LogP contribution in [0.5, 0.6) is 0 Å². The van der Waals surface area contributed by atoms with E-state index in [0.29, 0.717) is 6.54 Å². The number of nitrogens with one attached hydrogen (secondary N) is 2. The van der Waals surface area contributed by atoms with E-state index in [4.69, 9.17) is 5.84 Å². The summed E-state index contributed by atoms with van der Waals surface area (Å²) in [5.41, 5.74) is 2.31. The van der Waals surface area contributed by atoms with E-state index in [1.54, 1.807) is 0 Å². The average Bonchev–Trinajstić information content (AvgIpc) is 2.13. The van der Waals surface area contributed by atoms with Crippen LogP contribution in [0.3, 0.4) is 0 Å². The van der Waals surface area contributed by atoms with Gasteiger partial charge < -0.3 is 5.32 Å². The molecular weight excluding hydrogens is 132 g/mol. The molecule has 0 bridgehead atoms. The van der Waals surface area contributed by atoms with Crippen molar-refractivity contribution in [1.82, 2.24) is 15.9 Å². The van der Waals surface area contributed by atoms with Gasteiger partial charge in [-0.05, 0) is 12.8 Å². The van der Waals surface area contributed by atoms with Crippen molar-refractivity contribution >= 4 is 6.03 Å². The Balaban J connectivity index is 2.43. The number of urea groups is 1. The summed E-state index contributed by atoms with van der Waals surface area (Å²) in [6.45, 7) is 1.43.